The van der Waals surface area contributed by atoms with Crippen LogP contribution in [0.15, 0.2) is 155 Å². The summed E-state index contributed by atoms with van der Waals surface area (Å²) in [4.78, 5) is 13.5. The molecular formula is C51H36N2O3. The van der Waals surface area contributed by atoms with Gasteiger partial charge in [0.2, 0.25) is 0 Å². The molecule has 0 saturated carbocycles. The first-order valence-electron chi connectivity index (χ1n) is 18.7. The summed E-state index contributed by atoms with van der Waals surface area (Å²) >= 11 is 0. The van der Waals surface area contributed by atoms with E-state index in [9.17, 15) is 4.79 Å². The zero-order valence-electron chi connectivity index (χ0n) is 31.1. The SMILES string of the molecule is C=Cc1oc2cc(-c3ccc4c(c3)c3cccc5c(C=C)c(C=C)c(=O)n4c53)ccc2c1/C=C\C.Cn1c2ccccc2c2c3c(ccc21)oc1ccccc13. The van der Waals surface area contributed by atoms with E-state index in [2.05, 4.69) is 116 Å². The number of hydrogen-bond donors (Lipinski definition) is 0. The molecule has 0 N–H and O–H groups in total. The molecule has 5 nitrogen and oxygen atoms in total. The predicted molar refractivity (Wildman–Crippen MR) is 238 cm³/mol. The number of rotatable bonds is 5. The predicted octanol–water partition coefficient (Wildman–Crippen LogP) is 13.6. The lowest BCUT2D eigenvalue weighted by Crippen LogP contribution is -2.17. The highest BCUT2D eigenvalue weighted by atomic mass is 16.3. The van der Waals surface area contributed by atoms with Crippen molar-refractivity contribution < 1.29 is 8.83 Å². The van der Waals surface area contributed by atoms with E-state index in [0.29, 0.717) is 5.56 Å². The van der Waals surface area contributed by atoms with Gasteiger partial charge in [-0.3, -0.25) is 9.20 Å². The minimum absolute atomic E-state index is 0.0770. The van der Waals surface area contributed by atoms with Crippen LogP contribution in [0.4, 0.5) is 0 Å². The van der Waals surface area contributed by atoms with Crippen molar-refractivity contribution in [2.75, 3.05) is 0 Å². The van der Waals surface area contributed by atoms with Gasteiger partial charge in [0.1, 0.15) is 22.5 Å². The average Bonchev–Trinajstić information content (AvgIpc) is 3.97. The minimum Gasteiger partial charge on any atom is -0.456 e. The van der Waals surface area contributed by atoms with Crippen molar-refractivity contribution in [2.24, 2.45) is 7.05 Å². The molecule has 0 aliphatic carbocycles. The van der Waals surface area contributed by atoms with Gasteiger partial charge in [0, 0.05) is 72.3 Å². The molecule has 5 heteroatoms. The molecule has 5 aromatic heterocycles. The Morgan fingerprint density at radius 2 is 1.25 bits per heavy atom. The number of allylic oxidation sites excluding steroid dienone is 1. The van der Waals surface area contributed by atoms with Crippen LogP contribution < -0.4 is 5.56 Å². The molecule has 0 amide bonds. The van der Waals surface area contributed by atoms with Crippen LogP contribution in [0.25, 0.3) is 117 Å². The van der Waals surface area contributed by atoms with Crippen molar-refractivity contribution >= 4 is 106 Å². The molecular weight excluding hydrogens is 689 g/mol. The van der Waals surface area contributed by atoms with Gasteiger partial charge in [-0.15, -0.1) is 0 Å². The molecule has 11 rings (SSSR count). The van der Waals surface area contributed by atoms with Gasteiger partial charge < -0.3 is 13.4 Å². The molecule has 0 aliphatic heterocycles. The molecule has 268 valence electrons. The molecule has 0 unspecified atom stereocenters. The van der Waals surface area contributed by atoms with Gasteiger partial charge in [-0.2, -0.15) is 0 Å². The molecule has 0 atom stereocenters. The van der Waals surface area contributed by atoms with Gasteiger partial charge in [-0.1, -0.05) is 111 Å². The third-order valence-corrected chi connectivity index (χ3v) is 11.2. The van der Waals surface area contributed by atoms with Gasteiger partial charge in [0.15, 0.2) is 0 Å². The van der Waals surface area contributed by atoms with Crippen molar-refractivity contribution in [1.29, 1.82) is 0 Å². The highest BCUT2D eigenvalue weighted by Gasteiger charge is 2.20. The third kappa shape index (κ3) is 4.64. The Labute approximate surface area is 321 Å². The van der Waals surface area contributed by atoms with E-state index in [4.69, 9.17) is 8.83 Å². The van der Waals surface area contributed by atoms with Gasteiger partial charge in [0.05, 0.1) is 11.0 Å². The molecule has 0 spiro atoms. The van der Waals surface area contributed by atoms with Crippen molar-refractivity contribution in [1.82, 2.24) is 8.97 Å². The fourth-order valence-electron chi connectivity index (χ4n) is 8.75. The molecule has 0 bridgehead atoms. The van der Waals surface area contributed by atoms with E-state index in [-0.39, 0.29) is 5.56 Å². The van der Waals surface area contributed by atoms with E-state index in [1.54, 1.807) is 18.2 Å². The van der Waals surface area contributed by atoms with Gasteiger partial charge in [-0.05, 0) is 78.2 Å². The number of furan rings is 2. The number of nitrogens with zero attached hydrogens (tertiary/aromatic N) is 2. The Hall–Kier alpha value is -7.37. The normalized spacial score (nSPS) is 12.0. The van der Waals surface area contributed by atoms with Gasteiger partial charge in [0.25, 0.3) is 5.56 Å². The topological polar surface area (TPSA) is 52.7 Å². The quantitative estimate of drug-likeness (QED) is 0.178. The fourth-order valence-corrected chi connectivity index (χ4v) is 8.75. The van der Waals surface area contributed by atoms with Crippen LogP contribution >= 0.6 is 0 Å². The van der Waals surface area contributed by atoms with E-state index in [1.807, 2.05) is 53.8 Å². The second-order valence-corrected chi connectivity index (χ2v) is 14.1. The summed E-state index contributed by atoms with van der Waals surface area (Å²) in [7, 11) is 2.12. The van der Waals surface area contributed by atoms with Crippen LogP contribution in [0.2, 0.25) is 0 Å². The van der Waals surface area contributed by atoms with Crippen LogP contribution in [0.5, 0.6) is 0 Å². The number of aromatic nitrogens is 2. The summed E-state index contributed by atoms with van der Waals surface area (Å²) < 4.78 is 16.2. The van der Waals surface area contributed by atoms with Crippen LogP contribution in [-0.4, -0.2) is 8.97 Å². The van der Waals surface area contributed by atoms with Crippen LogP contribution in [0, 0.1) is 0 Å². The monoisotopic (exact) mass is 724 g/mol. The Kier molecular flexibility index (Phi) is 7.48. The number of hydrogen-bond acceptors (Lipinski definition) is 3. The first kappa shape index (κ1) is 33.2. The maximum Gasteiger partial charge on any atom is 0.263 e. The second kappa shape index (κ2) is 12.6. The zero-order chi connectivity index (χ0) is 38.2. The van der Waals surface area contributed by atoms with Crippen molar-refractivity contribution in [3.63, 3.8) is 0 Å². The molecule has 6 aromatic carbocycles. The van der Waals surface area contributed by atoms with Crippen LogP contribution in [-0.2, 0) is 7.05 Å². The Bertz CT molecular complexity index is 3530. The van der Waals surface area contributed by atoms with Crippen molar-refractivity contribution in [3.05, 3.63) is 174 Å². The van der Waals surface area contributed by atoms with E-state index >= 15 is 0 Å². The molecule has 56 heavy (non-hydrogen) atoms. The van der Waals surface area contributed by atoms with Crippen LogP contribution in [0.3, 0.4) is 0 Å². The zero-order valence-corrected chi connectivity index (χ0v) is 31.1. The molecule has 0 fully saturated rings. The molecule has 11 aromatic rings. The second-order valence-electron chi connectivity index (χ2n) is 14.1. The summed E-state index contributed by atoms with van der Waals surface area (Å²) in [5.74, 6) is 0.766. The smallest absolute Gasteiger partial charge is 0.263 e. The molecule has 5 heterocycles. The molecule has 0 saturated heterocycles. The maximum absolute atomic E-state index is 13.5. The van der Waals surface area contributed by atoms with Crippen molar-refractivity contribution in [2.45, 2.75) is 6.92 Å². The van der Waals surface area contributed by atoms with Gasteiger partial charge in [-0.25, -0.2) is 0 Å². The Morgan fingerprint density at radius 1 is 0.536 bits per heavy atom. The van der Waals surface area contributed by atoms with Gasteiger partial charge >= 0.3 is 0 Å². The first-order valence-corrected chi connectivity index (χ1v) is 18.7. The minimum atomic E-state index is -0.0770. The number of benzene rings is 6. The average molecular weight is 725 g/mol. The summed E-state index contributed by atoms with van der Waals surface area (Å²) in [6.45, 7) is 13.7. The summed E-state index contributed by atoms with van der Waals surface area (Å²) in [5, 5.41) is 9.11. The maximum atomic E-state index is 13.5. The van der Waals surface area contributed by atoms with E-state index in [1.165, 1.54) is 32.6 Å². The third-order valence-electron chi connectivity index (χ3n) is 11.2. The lowest BCUT2D eigenvalue weighted by Gasteiger charge is -2.08. The number of fused-ring (bicyclic) bond motifs is 11. The Morgan fingerprint density at radius 3 is 2.05 bits per heavy atom. The van der Waals surface area contributed by atoms with E-state index in [0.717, 1.165) is 77.3 Å². The molecule has 0 aliphatic rings. The largest absolute Gasteiger partial charge is 0.456 e. The number of para-hydroxylation sites is 3. The summed E-state index contributed by atoms with van der Waals surface area (Å²) in [6.07, 6.45) is 9.16. The Balaban J connectivity index is 0.000000155. The standard InChI is InChI=1S/C32H23NO2.C19H13NO/c1-5-10-23-24-15-13-20(18-30(24)35-29(23)8-4)19-14-16-28-27(17-19)26-12-9-11-25-21(6-2)22(7-3)32(34)33(28)31(25)26;1-20-14-8-4-2-6-12(14)18-15(20)10-11-17-19(18)13-7-3-5-9-16(13)21-17/h5-18H,2-4H2,1H3;2-11H,1H3/b10-5-;. The highest BCUT2D eigenvalue weighted by molar-refractivity contribution is 6.27. The van der Waals surface area contributed by atoms with Crippen LogP contribution in [0.1, 0.15) is 29.4 Å². The lowest BCUT2D eigenvalue weighted by atomic mass is 9.99. The highest BCUT2D eigenvalue weighted by Crippen LogP contribution is 2.40. The fraction of sp³-hybridized carbons (Fsp3) is 0.0392. The molecule has 0 radical (unpaired) electrons. The lowest BCUT2D eigenvalue weighted by molar-refractivity contribution is 0.603. The number of pyridine rings is 1. The summed E-state index contributed by atoms with van der Waals surface area (Å²) in [6, 6.07) is 39.7. The van der Waals surface area contributed by atoms with E-state index < -0.39 is 0 Å². The first-order chi connectivity index (χ1) is 27.4. The summed E-state index contributed by atoms with van der Waals surface area (Å²) in [5.41, 5.74) is 11.5. The van der Waals surface area contributed by atoms with Crippen molar-refractivity contribution in [3.8, 4) is 11.1 Å². The number of aryl methyl sites for hydroxylation is 1.